The first kappa shape index (κ1) is 16.3. The van der Waals surface area contributed by atoms with Crippen LogP contribution < -0.4 is 5.56 Å². The molecule has 1 heterocycles. The SMILES string of the molecule is COCCn1cc(C(=O)O)cc(-c2ccc(Cl)cc2C)c1=O. The molecule has 2 aromatic rings. The van der Waals surface area contributed by atoms with Gasteiger partial charge in [0.15, 0.2) is 0 Å². The zero-order valence-corrected chi connectivity index (χ0v) is 13.1. The lowest BCUT2D eigenvalue weighted by atomic mass is 10.0. The summed E-state index contributed by atoms with van der Waals surface area (Å²) in [5, 5.41) is 9.81. The van der Waals surface area contributed by atoms with Crippen molar-refractivity contribution in [1.29, 1.82) is 0 Å². The standard InChI is InChI=1S/C16H16ClNO4/c1-10-7-12(17)3-4-13(10)14-8-11(16(20)21)9-18(15(14)19)5-6-22-2/h3-4,7-9H,5-6H2,1-2H3,(H,20,21). The highest BCUT2D eigenvalue weighted by atomic mass is 35.5. The number of aromatic carboxylic acids is 1. The van der Waals surface area contributed by atoms with E-state index in [1.807, 2.05) is 6.92 Å². The third kappa shape index (κ3) is 3.37. The van der Waals surface area contributed by atoms with E-state index in [1.54, 1.807) is 18.2 Å². The third-order valence-corrected chi connectivity index (χ3v) is 3.58. The van der Waals surface area contributed by atoms with E-state index >= 15 is 0 Å². The Bertz CT molecular complexity index is 767. The number of aromatic nitrogens is 1. The Labute approximate surface area is 132 Å². The average molecular weight is 322 g/mol. The van der Waals surface area contributed by atoms with Gasteiger partial charge in [-0.1, -0.05) is 17.7 Å². The van der Waals surface area contributed by atoms with Gasteiger partial charge in [0.25, 0.3) is 5.56 Å². The van der Waals surface area contributed by atoms with E-state index < -0.39 is 5.97 Å². The average Bonchev–Trinajstić information content (AvgIpc) is 2.46. The van der Waals surface area contributed by atoms with E-state index in [-0.39, 0.29) is 17.7 Å². The second kappa shape index (κ2) is 6.77. The van der Waals surface area contributed by atoms with Gasteiger partial charge < -0.3 is 14.4 Å². The molecule has 0 atom stereocenters. The lowest BCUT2D eigenvalue weighted by Crippen LogP contribution is -2.25. The van der Waals surface area contributed by atoms with Crippen molar-refractivity contribution in [3.63, 3.8) is 0 Å². The lowest BCUT2D eigenvalue weighted by molar-refractivity contribution is 0.0695. The first-order valence-electron chi connectivity index (χ1n) is 6.67. The summed E-state index contributed by atoms with van der Waals surface area (Å²) in [6.45, 7) is 2.44. The topological polar surface area (TPSA) is 68.5 Å². The Morgan fingerprint density at radius 3 is 2.64 bits per heavy atom. The van der Waals surface area contributed by atoms with Crippen LogP contribution in [0.15, 0.2) is 35.3 Å². The molecule has 0 amide bonds. The van der Waals surface area contributed by atoms with Crippen molar-refractivity contribution in [2.24, 2.45) is 0 Å². The van der Waals surface area contributed by atoms with Crippen molar-refractivity contribution in [1.82, 2.24) is 4.57 Å². The summed E-state index contributed by atoms with van der Waals surface area (Å²) in [6, 6.07) is 6.53. The number of hydrogen-bond acceptors (Lipinski definition) is 3. The normalized spacial score (nSPS) is 10.7. The second-order valence-corrected chi connectivity index (χ2v) is 5.33. The highest BCUT2D eigenvalue weighted by Crippen LogP contribution is 2.24. The number of carbonyl (C=O) groups is 1. The number of carboxylic acid groups (broad SMARTS) is 1. The van der Waals surface area contributed by atoms with Crippen LogP contribution in [-0.4, -0.2) is 29.4 Å². The number of carboxylic acids is 1. The van der Waals surface area contributed by atoms with Gasteiger partial charge in [-0.05, 0) is 36.2 Å². The van der Waals surface area contributed by atoms with Crippen molar-refractivity contribution >= 4 is 17.6 Å². The van der Waals surface area contributed by atoms with Gasteiger partial charge in [-0.2, -0.15) is 0 Å². The van der Waals surface area contributed by atoms with Gasteiger partial charge in [-0.3, -0.25) is 4.79 Å². The fraction of sp³-hybridized carbons (Fsp3) is 0.250. The number of aryl methyl sites for hydroxylation is 1. The first-order chi connectivity index (χ1) is 10.4. The van der Waals surface area contributed by atoms with Crippen molar-refractivity contribution < 1.29 is 14.6 Å². The van der Waals surface area contributed by atoms with E-state index in [1.165, 1.54) is 23.9 Å². The Kier molecular flexibility index (Phi) is 5.00. The minimum atomic E-state index is -1.08. The number of rotatable bonds is 5. The molecule has 0 saturated heterocycles. The number of hydrogen-bond donors (Lipinski definition) is 1. The van der Waals surface area contributed by atoms with Crippen molar-refractivity contribution in [2.75, 3.05) is 13.7 Å². The van der Waals surface area contributed by atoms with E-state index in [4.69, 9.17) is 16.3 Å². The quantitative estimate of drug-likeness (QED) is 0.919. The Hall–Kier alpha value is -2.11. The third-order valence-electron chi connectivity index (χ3n) is 3.35. The molecule has 1 aromatic carbocycles. The van der Waals surface area contributed by atoms with Gasteiger partial charge >= 0.3 is 5.97 Å². The molecule has 0 aliphatic carbocycles. The summed E-state index contributed by atoms with van der Waals surface area (Å²) >= 11 is 5.93. The predicted molar refractivity (Wildman–Crippen MR) is 84.7 cm³/mol. The summed E-state index contributed by atoms with van der Waals surface area (Å²) in [5.41, 5.74) is 1.62. The summed E-state index contributed by atoms with van der Waals surface area (Å²) < 4.78 is 6.32. The first-order valence-corrected chi connectivity index (χ1v) is 7.05. The molecular weight excluding hydrogens is 306 g/mol. The molecule has 0 fully saturated rings. The molecule has 0 bridgehead atoms. The largest absolute Gasteiger partial charge is 0.478 e. The molecule has 0 aliphatic rings. The summed E-state index contributed by atoms with van der Waals surface area (Å²) in [5.74, 6) is -1.08. The molecule has 0 saturated carbocycles. The number of methoxy groups -OCH3 is 1. The highest BCUT2D eigenvalue weighted by Gasteiger charge is 2.14. The van der Waals surface area contributed by atoms with Gasteiger partial charge in [-0.15, -0.1) is 0 Å². The zero-order valence-electron chi connectivity index (χ0n) is 12.3. The van der Waals surface area contributed by atoms with Crippen LogP contribution >= 0.6 is 11.6 Å². The van der Waals surface area contributed by atoms with Crippen LogP contribution in [-0.2, 0) is 11.3 Å². The molecule has 22 heavy (non-hydrogen) atoms. The molecule has 0 radical (unpaired) electrons. The minimum absolute atomic E-state index is 0.0556. The van der Waals surface area contributed by atoms with Crippen molar-refractivity contribution in [2.45, 2.75) is 13.5 Å². The molecule has 1 N–H and O–H groups in total. The van der Waals surface area contributed by atoms with Gasteiger partial charge in [0.2, 0.25) is 0 Å². The van der Waals surface area contributed by atoms with Crippen molar-refractivity contribution in [3.8, 4) is 11.1 Å². The monoisotopic (exact) mass is 321 g/mol. The maximum atomic E-state index is 12.6. The van der Waals surface area contributed by atoms with Crippen LogP contribution in [0.2, 0.25) is 5.02 Å². The van der Waals surface area contributed by atoms with Crippen LogP contribution in [0.3, 0.4) is 0 Å². The fourth-order valence-corrected chi connectivity index (χ4v) is 2.46. The van der Waals surface area contributed by atoms with E-state index in [2.05, 4.69) is 0 Å². The number of pyridine rings is 1. The highest BCUT2D eigenvalue weighted by molar-refractivity contribution is 6.30. The van der Waals surface area contributed by atoms with E-state index in [9.17, 15) is 14.7 Å². The van der Waals surface area contributed by atoms with Crippen LogP contribution in [0.5, 0.6) is 0 Å². The van der Waals surface area contributed by atoms with E-state index in [0.29, 0.717) is 22.8 Å². The molecule has 0 aliphatic heterocycles. The smallest absolute Gasteiger partial charge is 0.337 e. The van der Waals surface area contributed by atoms with Crippen LogP contribution in [0.1, 0.15) is 15.9 Å². The van der Waals surface area contributed by atoms with E-state index in [0.717, 1.165) is 5.56 Å². The molecule has 0 spiro atoms. The maximum Gasteiger partial charge on any atom is 0.337 e. The summed E-state index contributed by atoms with van der Waals surface area (Å²) in [4.78, 5) is 23.9. The minimum Gasteiger partial charge on any atom is -0.478 e. The molecule has 2 rings (SSSR count). The van der Waals surface area contributed by atoms with Gasteiger partial charge in [0, 0.05) is 30.4 Å². The molecule has 1 aromatic heterocycles. The van der Waals surface area contributed by atoms with Gasteiger partial charge in [-0.25, -0.2) is 4.79 Å². The van der Waals surface area contributed by atoms with Crippen LogP contribution in [0.4, 0.5) is 0 Å². The lowest BCUT2D eigenvalue weighted by Gasteiger charge is -2.12. The molecule has 5 nitrogen and oxygen atoms in total. The maximum absolute atomic E-state index is 12.6. The number of ether oxygens (including phenoxy) is 1. The Balaban J connectivity index is 2.65. The van der Waals surface area contributed by atoms with Crippen molar-refractivity contribution in [3.05, 3.63) is 57.0 Å². The van der Waals surface area contributed by atoms with Gasteiger partial charge in [0.1, 0.15) is 0 Å². The molecular formula is C16H16ClNO4. The molecule has 6 heteroatoms. The second-order valence-electron chi connectivity index (χ2n) is 4.90. The number of halogens is 1. The van der Waals surface area contributed by atoms with Gasteiger partial charge in [0.05, 0.1) is 12.2 Å². The molecule has 0 unspecified atom stereocenters. The zero-order chi connectivity index (χ0) is 16.3. The summed E-state index contributed by atoms with van der Waals surface area (Å²) in [6.07, 6.45) is 1.33. The molecule has 116 valence electrons. The Morgan fingerprint density at radius 2 is 2.05 bits per heavy atom. The number of benzene rings is 1. The van der Waals surface area contributed by atoms with Crippen LogP contribution in [0.25, 0.3) is 11.1 Å². The fourth-order valence-electron chi connectivity index (χ4n) is 2.23. The predicted octanol–water partition coefficient (Wildman–Crippen LogP) is 2.82. The number of nitrogens with zero attached hydrogens (tertiary/aromatic N) is 1. The summed E-state index contributed by atoms with van der Waals surface area (Å²) in [7, 11) is 1.52. The Morgan fingerprint density at radius 1 is 1.32 bits per heavy atom. The van der Waals surface area contributed by atoms with Crippen LogP contribution in [0, 0.1) is 6.92 Å².